The summed E-state index contributed by atoms with van der Waals surface area (Å²) in [6, 6.07) is -0.588. The van der Waals surface area contributed by atoms with Gasteiger partial charge in [0.1, 0.15) is 0 Å². The lowest BCUT2D eigenvalue weighted by molar-refractivity contribution is -0.138. The van der Waals surface area contributed by atoms with E-state index in [1.54, 1.807) is 4.90 Å². The van der Waals surface area contributed by atoms with Crippen LogP contribution in [0.25, 0.3) is 0 Å². The number of nitrogens with zero attached hydrogens (tertiary/aromatic N) is 1. The van der Waals surface area contributed by atoms with Crippen molar-refractivity contribution in [3.05, 3.63) is 0 Å². The highest BCUT2D eigenvalue weighted by Gasteiger charge is 2.31. The molecule has 2 N–H and O–H groups in total. The first-order valence-corrected chi connectivity index (χ1v) is 8.65. The van der Waals surface area contributed by atoms with Crippen molar-refractivity contribution in [2.75, 3.05) is 24.6 Å². The van der Waals surface area contributed by atoms with Gasteiger partial charge in [-0.1, -0.05) is 0 Å². The summed E-state index contributed by atoms with van der Waals surface area (Å²) in [5.41, 5.74) is 0. The maximum absolute atomic E-state index is 12.1. The molecule has 2 rings (SSSR count). The summed E-state index contributed by atoms with van der Waals surface area (Å²) in [7, 11) is -3.01. The fraction of sp³-hybridized carbons (Fsp3) is 0.833. The third kappa shape index (κ3) is 4.09. The van der Waals surface area contributed by atoms with Crippen LogP contribution in [0.5, 0.6) is 0 Å². The van der Waals surface area contributed by atoms with E-state index in [2.05, 4.69) is 5.32 Å². The highest BCUT2D eigenvalue weighted by molar-refractivity contribution is 7.91. The Morgan fingerprint density at radius 1 is 1.30 bits per heavy atom. The molecule has 2 aliphatic heterocycles. The summed E-state index contributed by atoms with van der Waals surface area (Å²) in [5.74, 6) is -0.733. The number of carbonyl (C=O) groups is 2. The average molecular weight is 304 g/mol. The van der Waals surface area contributed by atoms with E-state index in [1.165, 1.54) is 0 Å². The lowest BCUT2D eigenvalue weighted by Crippen LogP contribution is -2.49. The van der Waals surface area contributed by atoms with E-state index in [9.17, 15) is 18.0 Å². The number of piperidine rings is 1. The average Bonchev–Trinajstić information content (AvgIpc) is 2.68. The lowest BCUT2D eigenvalue weighted by atomic mass is 9.95. The quantitative estimate of drug-likeness (QED) is 0.768. The van der Waals surface area contributed by atoms with Crippen molar-refractivity contribution in [1.82, 2.24) is 10.2 Å². The van der Waals surface area contributed by atoms with Gasteiger partial charge >= 0.3 is 12.0 Å². The molecule has 114 valence electrons. The first kappa shape index (κ1) is 15.1. The van der Waals surface area contributed by atoms with Gasteiger partial charge in [-0.3, -0.25) is 4.79 Å². The molecule has 2 amide bonds. The number of urea groups is 1. The number of hydrogen-bond donors (Lipinski definition) is 2. The molecule has 2 saturated heterocycles. The van der Waals surface area contributed by atoms with Crippen LogP contribution in [0.1, 0.15) is 25.7 Å². The number of amides is 2. The second kappa shape index (κ2) is 5.99. The Morgan fingerprint density at radius 2 is 2.05 bits per heavy atom. The number of carboxylic acids is 1. The molecule has 0 saturated carbocycles. The van der Waals surface area contributed by atoms with E-state index >= 15 is 0 Å². The molecular formula is C12H20N2O5S. The van der Waals surface area contributed by atoms with E-state index < -0.39 is 15.8 Å². The van der Waals surface area contributed by atoms with Gasteiger partial charge in [0.05, 0.1) is 11.5 Å². The Labute approximate surface area is 118 Å². The molecule has 0 spiro atoms. The van der Waals surface area contributed by atoms with Gasteiger partial charge < -0.3 is 15.3 Å². The minimum atomic E-state index is -3.01. The van der Waals surface area contributed by atoms with Crippen molar-refractivity contribution in [1.29, 1.82) is 0 Å². The van der Waals surface area contributed by atoms with Crippen LogP contribution in [0, 0.1) is 5.92 Å². The highest BCUT2D eigenvalue weighted by atomic mass is 32.2. The van der Waals surface area contributed by atoms with Crippen LogP contribution >= 0.6 is 0 Å². The Kier molecular flexibility index (Phi) is 4.52. The first-order valence-electron chi connectivity index (χ1n) is 6.83. The number of likely N-dealkylation sites (tertiary alicyclic amines) is 1. The minimum absolute atomic E-state index is 0.00509. The van der Waals surface area contributed by atoms with Gasteiger partial charge in [0.25, 0.3) is 0 Å². The van der Waals surface area contributed by atoms with E-state index in [0.29, 0.717) is 19.5 Å². The summed E-state index contributed by atoms with van der Waals surface area (Å²) in [4.78, 5) is 24.4. The highest BCUT2D eigenvalue weighted by Crippen LogP contribution is 2.20. The molecule has 0 aromatic heterocycles. The largest absolute Gasteiger partial charge is 0.481 e. The molecule has 0 aromatic carbocycles. The number of hydrogen-bond acceptors (Lipinski definition) is 4. The topological polar surface area (TPSA) is 104 Å². The Hall–Kier alpha value is -1.31. The zero-order valence-corrected chi connectivity index (χ0v) is 12.1. The van der Waals surface area contributed by atoms with Crippen molar-refractivity contribution in [2.24, 2.45) is 5.92 Å². The molecule has 2 aliphatic rings. The van der Waals surface area contributed by atoms with Gasteiger partial charge in [-0.15, -0.1) is 0 Å². The van der Waals surface area contributed by atoms with E-state index in [-0.39, 0.29) is 35.9 Å². The first-order chi connectivity index (χ1) is 9.35. The summed E-state index contributed by atoms with van der Waals surface area (Å²) >= 11 is 0. The van der Waals surface area contributed by atoms with Gasteiger partial charge in [-0.2, -0.15) is 0 Å². The summed E-state index contributed by atoms with van der Waals surface area (Å²) < 4.78 is 22.7. The molecule has 0 radical (unpaired) electrons. The molecule has 0 bridgehead atoms. The van der Waals surface area contributed by atoms with Crippen molar-refractivity contribution < 1.29 is 23.1 Å². The lowest BCUT2D eigenvalue weighted by Gasteiger charge is -2.32. The van der Waals surface area contributed by atoms with Crippen LogP contribution in [0.3, 0.4) is 0 Å². The van der Waals surface area contributed by atoms with Crippen molar-refractivity contribution in [2.45, 2.75) is 31.7 Å². The van der Waals surface area contributed by atoms with Gasteiger partial charge in [-0.05, 0) is 25.2 Å². The number of rotatable bonds is 3. The maximum Gasteiger partial charge on any atom is 0.317 e. The molecule has 0 aromatic rings. The van der Waals surface area contributed by atoms with Crippen molar-refractivity contribution in [3.63, 3.8) is 0 Å². The van der Waals surface area contributed by atoms with Gasteiger partial charge in [0.2, 0.25) is 0 Å². The zero-order chi connectivity index (χ0) is 14.8. The van der Waals surface area contributed by atoms with E-state index in [0.717, 1.165) is 12.8 Å². The van der Waals surface area contributed by atoms with Crippen LogP contribution < -0.4 is 5.32 Å². The molecule has 7 nitrogen and oxygen atoms in total. The van der Waals surface area contributed by atoms with Crippen LogP contribution in [0.2, 0.25) is 0 Å². The minimum Gasteiger partial charge on any atom is -0.481 e. The number of nitrogens with one attached hydrogen (secondary N) is 1. The van der Waals surface area contributed by atoms with Gasteiger partial charge in [0, 0.05) is 25.6 Å². The van der Waals surface area contributed by atoms with Crippen molar-refractivity contribution in [3.8, 4) is 0 Å². The fourth-order valence-corrected chi connectivity index (χ4v) is 4.51. The molecule has 2 unspecified atom stereocenters. The molecule has 8 heteroatoms. The standard InChI is InChI=1S/C12H20N2O5S/c15-11(16)6-9-2-1-4-14(7-9)12(17)13-10-3-5-20(18,19)8-10/h9-10H,1-8H2,(H,13,17)(H,15,16). The van der Waals surface area contributed by atoms with Crippen molar-refractivity contribution >= 4 is 21.8 Å². The fourth-order valence-electron chi connectivity index (χ4n) is 2.84. The zero-order valence-electron chi connectivity index (χ0n) is 11.2. The number of carboxylic acid groups (broad SMARTS) is 1. The summed E-state index contributed by atoms with van der Waals surface area (Å²) in [6.45, 7) is 1.03. The van der Waals surface area contributed by atoms with Crippen LogP contribution in [0.15, 0.2) is 0 Å². The second-order valence-corrected chi connectivity index (χ2v) is 7.83. The molecular weight excluding hydrogens is 284 g/mol. The van der Waals surface area contributed by atoms with E-state index in [4.69, 9.17) is 5.11 Å². The molecule has 2 fully saturated rings. The Balaban J connectivity index is 1.84. The van der Waals surface area contributed by atoms with Crippen LogP contribution in [0.4, 0.5) is 4.79 Å². The normalized spacial score (nSPS) is 29.1. The Bertz CT molecular complexity index is 490. The monoisotopic (exact) mass is 304 g/mol. The van der Waals surface area contributed by atoms with E-state index in [1.807, 2.05) is 0 Å². The van der Waals surface area contributed by atoms with Crippen LogP contribution in [-0.2, 0) is 14.6 Å². The predicted molar refractivity (Wildman–Crippen MR) is 72.1 cm³/mol. The van der Waals surface area contributed by atoms with Gasteiger partial charge in [0.15, 0.2) is 9.84 Å². The third-order valence-electron chi connectivity index (χ3n) is 3.83. The second-order valence-electron chi connectivity index (χ2n) is 5.60. The smallest absolute Gasteiger partial charge is 0.317 e. The SMILES string of the molecule is O=C(O)CC1CCCN(C(=O)NC2CCS(=O)(=O)C2)C1. The van der Waals surface area contributed by atoms with Crippen LogP contribution in [-0.4, -0.2) is 61.1 Å². The molecule has 0 aliphatic carbocycles. The van der Waals surface area contributed by atoms with Gasteiger partial charge in [-0.25, -0.2) is 13.2 Å². The maximum atomic E-state index is 12.1. The molecule has 20 heavy (non-hydrogen) atoms. The summed E-state index contributed by atoms with van der Waals surface area (Å²) in [6.07, 6.45) is 2.13. The third-order valence-corrected chi connectivity index (χ3v) is 5.60. The number of aliphatic carboxylic acids is 1. The predicted octanol–water partition coefficient (Wildman–Crippen LogP) is 0.0698. The molecule has 2 heterocycles. The number of carbonyl (C=O) groups excluding carboxylic acids is 1. The number of sulfone groups is 1. The Morgan fingerprint density at radius 3 is 2.65 bits per heavy atom. The summed E-state index contributed by atoms with van der Waals surface area (Å²) in [5, 5.41) is 11.5. The molecule has 2 atom stereocenters.